The fraction of sp³-hybridized carbons (Fsp3) is 0. The first-order chi connectivity index (χ1) is 14.2. The van der Waals surface area contributed by atoms with Crippen molar-refractivity contribution in [3.63, 3.8) is 0 Å². The minimum Gasteiger partial charge on any atom is -0.321 e. The molecule has 0 fully saturated rings. The lowest BCUT2D eigenvalue weighted by molar-refractivity contribution is 0.102. The number of nitrogens with one attached hydrogen (secondary N) is 1. The lowest BCUT2D eigenvalue weighted by Gasteiger charge is -2.04. The number of imidazole rings is 1. The molecule has 0 saturated heterocycles. The molecule has 3 heterocycles. The van der Waals surface area contributed by atoms with Gasteiger partial charge in [0.05, 0.1) is 11.4 Å². The molecule has 2 aromatic carbocycles. The highest BCUT2D eigenvalue weighted by Gasteiger charge is 2.11. The number of carbonyl (C=O) groups excluding carboxylic acids is 1. The molecule has 3 aromatic heterocycles. The summed E-state index contributed by atoms with van der Waals surface area (Å²) >= 11 is 1.58. The summed E-state index contributed by atoms with van der Waals surface area (Å²) in [6.07, 6.45) is 5.60. The molecule has 29 heavy (non-hydrogen) atoms. The molecule has 5 aromatic rings. The molecule has 0 aliphatic rings. The van der Waals surface area contributed by atoms with Gasteiger partial charge in [0.2, 0.25) is 0 Å². The van der Waals surface area contributed by atoms with E-state index in [2.05, 4.69) is 15.4 Å². The van der Waals surface area contributed by atoms with Crippen molar-refractivity contribution in [3.8, 4) is 16.9 Å². The Kier molecular flexibility index (Phi) is 4.18. The van der Waals surface area contributed by atoms with E-state index in [1.807, 2.05) is 46.4 Å². The topological polar surface area (TPSA) is 64.2 Å². The summed E-state index contributed by atoms with van der Waals surface area (Å²) in [6.45, 7) is 0. The smallest absolute Gasteiger partial charge is 0.276 e. The lowest BCUT2D eigenvalue weighted by atomic mass is 10.1. The third kappa shape index (κ3) is 3.41. The molecule has 142 valence electrons. The summed E-state index contributed by atoms with van der Waals surface area (Å²) in [4.78, 5) is 18.0. The Morgan fingerprint density at radius 3 is 2.55 bits per heavy atom. The second kappa shape index (κ2) is 6.99. The van der Waals surface area contributed by atoms with Crippen molar-refractivity contribution in [2.24, 2.45) is 0 Å². The summed E-state index contributed by atoms with van der Waals surface area (Å²) in [5.74, 6) is -0.640. The Morgan fingerprint density at radius 1 is 1.00 bits per heavy atom. The first-order valence-electron chi connectivity index (χ1n) is 8.81. The zero-order chi connectivity index (χ0) is 19.8. The van der Waals surface area contributed by atoms with Crippen LogP contribution in [0.5, 0.6) is 0 Å². The number of amides is 1. The normalized spacial score (nSPS) is 11.1. The summed E-state index contributed by atoms with van der Waals surface area (Å²) < 4.78 is 16.6. The van der Waals surface area contributed by atoms with Gasteiger partial charge in [-0.3, -0.25) is 9.20 Å². The maximum absolute atomic E-state index is 13.1. The fourth-order valence-electron chi connectivity index (χ4n) is 2.97. The second-order valence-corrected chi connectivity index (χ2v) is 7.25. The minimum atomic E-state index is -0.322. The zero-order valence-corrected chi connectivity index (χ0v) is 15.8. The third-order valence-corrected chi connectivity index (χ3v) is 5.22. The Labute approximate surface area is 168 Å². The van der Waals surface area contributed by atoms with Gasteiger partial charge in [0.25, 0.3) is 5.91 Å². The third-order valence-electron chi connectivity index (χ3n) is 4.44. The van der Waals surface area contributed by atoms with Gasteiger partial charge in [0.1, 0.15) is 5.82 Å². The Bertz CT molecular complexity index is 1270. The van der Waals surface area contributed by atoms with Crippen LogP contribution in [0, 0.1) is 5.82 Å². The van der Waals surface area contributed by atoms with E-state index in [0.29, 0.717) is 11.4 Å². The molecule has 0 spiro atoms. The molecule has 0 bridgehead atoms. The molecule has 6 nitrogen and oxygen atoms in total. The van der Waals surface area contributed by atoms with Crippen LogP contribution in [0.25, 0.3) is 21.9 Å². The van der Waals surface area contributed by atoms with E-state index in [1.165, 1.54) is 16.8 Å². The molecule has 8 heteroatoms. The monoisotopic (exact) mass is 403 g/mol. The predicted molar refractivity (Wildman–Crippen MR) is 110 cm³/mol. The van der Waals surface area contributed by atoms with Crippen molar-refractivity contribution in [2.75, 3.05) is 5.32 Å². The van der Waals surface area contributed by atoms with Crippen LogP contribution in [0.1, 0.15) is 10.5 Å². The maximum Gasteiger partial charge on any atom is 0.276 e. The van der Waals surface area contributed by atoms with Crippen LogP contribution in [-0.4, -0.2) is 25.1 Å². The molecule has 0 atom stereocenters. The van der Waals surface area contributed by atoms with Crippen molar-refractivity contribution in [1.29, 1.82) is 0 Å². The van der Waals surface area contributed by atoms with E-state index in [-0.39, 0.29) is 17.4 Å². The quantitative estimate of drug-likeness (QED) is 0.475. The number of thiazole rings is 1. The Balaban J connectivity index is 1.30. The molecule has 0 radical (unpaired) electrons. The van der Waals surface area contributed by atoms with E-state index in [0.717, 1.165) is 16.2 Å². The van der Waals surface area contributed by atoms with Gasteiger partial charge in [-0.15, -0.1) is 11.3 Å². The fourth-order valence-corrected chi connectivity index (χ4v) is 3.67. The van der Waals surface area contributed by atoms with Crippen LogP contribution in [0.15, 0.2) is 78.6 Å². The molecule has 0 unspecified atom stereocenters. The van der Waals surface area contributed by atoms with Crippen LogP contribution in [0.3, 0.4) is 0 Å². The summed E-state index contributed by atoms with van der Waals surface area (Å²) in [7, 11) is 0. The van der Waals surface area contributed by atoms with Crippen LogP contribution in [0.2, 0.25) is 0 Å². The molecule has 0 aliphatic heterocycles. The van der Waals surface area contributed by atoms with Gasteiger partial charge in [-0.1, -0.05) is 12.1 Å². The molecular weight excluding hydrogens is 389 g/mol. The van der Waals surface area contributed by atoms with Crippen molar-refractivity contribution in [2.45, 2.75) is 0 Å². The predicted octanol–water partition coefficient (Wildman–Crippen LogP) is 4.64. The number of rotatable bonds is 4. The lowest BCUT2D eigenvalue weighted by Crippen LogP contribution is -2.13. The van der Waals surface area contributed by atoms with Gasteiger partial charge < -0.3 is 5.32 Å². The second-order valence-electron chi connectivity index (χ2n) is 6.37. The minimum absolute atomic E-state index is 0.271. The number of aromatic nitrogens is 4. The van der Waals surface area contributed by atoms with Crippen LogP contribution >= 0.6 is 11.3 Å². The molecule has 1 amide bonds. The SMILES string of the molecule is O=C(Nc1ccc(-c2cn3ccsc3n2)cc1)c1ccn(-c2ccc(F)cc2)n1. The van der Waals surface area contributed by atoms with Gasteiger partial charge in [-0.05, 0) is 42.5 Å². The zero-order valence-electron chi connectivity index (χ0n) is 15.0. The molecule has 1 N–H and O–H groups in total. The summed E-state index contributed by atoms with van der Waals surface area (Å²) in [5.41, 5.74) is 3.46. The van der Waals surface area contributed by atoms with Crippen LogP contribution in [-0.2, 0) is 0 Å². The number of fused-ring (bicyclic) bond motifs is 1. The number of nitrogens with zero attached hydrogens (tertiary/aromatic N) is 4. The first-order valence-corrected chi connectivity index (χ1v) is 9.69. The van der Waals surface area contributed by atoms with E-state index in [1.54, 1.807) is 35.7 Å². The van der Waals surface area contributed by atoms with Crippen LogP contribution in [0.4, 0.5) is 10.1 Å². The summed E-state index contributed by atoms with van der Waals surface area (Å²) in [6, 6.07) is 15.0. The molecule has 5 rings (SSSR count). The largest absolute Gasteiger partial charge is 0.321 e. The van der Waals surface area contributed by atoms with Gasteiger partial charge in [-0.25, -0.2) is 14.1 Å². The van der Waals surface area contributed by atoms with Crippen molar-refractivity contribution in [1.82, 2.24) is 19.2 Å². The summed E-state index contributed by atoms with van der Waals surface area (Å²) in [5, 5.41) is 9.08. The van der Waals surface area contributed by atoms with E-state index in [9.17, 15) is 9.18 Å². The number of carbonyl (C=O) groups is 1. The number of benzene rings is 2. The molecule has 0 aliphatic carbocycles. The van der Waals surface area contributed by atoms with Crippen molar-refractivity contribution < 1.29 is 9.18 Å². The van der Waals surface area contributed by atoms with Gasteiger partial charge in [0.15, 0.2) is 10.7 Å². The number of anilines is 1. The van der Waals surface area contributed by atoms with Crippen molar-refractivity contribution >= 4 is 27.9 Å². The van der Waals surface area contributed by atoms with E-state index >= 15 is 0 Å². The van der Waals surface area contributed by atoms with Gasteiger partial charge >= 0.3 is 0 Å². The standard InChI is InChI=1S/C21H14FN5OS/c22-15-3-7-17(8-4-15)27-10-9-18(25-27)20(28)23-16-5-1-14(2-6-16)19-13-26-11-12-29-21(26)24-19/h1-13H,(H,23,28). The number of halogens is 1. The highest BCUT2D eigenvalue weighted by atomic mass is 32.1. The Morgan fingerprint density at radius 2 is 1.79 bits per heavy atom. The van der Waals surface area contributed by atoms with Crippen LogP contribution < -0.4 is 5.32 Å². The van der Waals surface area contributed by atoms with E-state index < -0.39 is 0 Å². The highest BCUT2D eigenvalue weighted by Crippen LogP contribution is 2.23. The average molecular weight is 403 g/mol. The Hall–Kier alpha value is -3.78. The molecular formula is C21H14FN5OS. The average Bonchev–Trinajstić information content (AvgIpc) is 3.45. The number of hydrogen-bond acceptors (Lipinski definition) is 4. The van der Waals surface area contributed by atoms with E-state index in [4.69, 9.17) is 0 Å². The highest BCUT2D eigenvalue weighted by molar-refractivity contribution is 7.15. The number of hydrogen-bond donors (Lipinski definition) is 1. The van der Waals surface area contributed by atoms with Gasteiger partial charge in [0, 0.05) is 35.2 Å². The maximum atomic E-state index is 13.1. The molecule has 0 saturated carbocycles. The first kappa shape index (κ1) is 17.3. The van der Waals surface area contributed by atoms with Gasteiger partial charge in [-0.2, -0.15) is 5.10 Å². The van der Waals surface area contributed by atoms with Crippen molar-refractivity contribution in [3.05, 3.63) is 90.1 Å².